The molecule has 1 aliphatic heterocycles. The van der Waals surface area contributed by atoms with Gasteiger partial charge < -0.3 is 14.6 Å². The van der Waals surface area contributed by atoms with Crippen molar-refractivity contribution in [1.29, 1.82) is 0 Å². The molecule has 29 heavy (non-hydrogen) atoms. The number of rotatable bonds is 10. The van der Waals surface area contributed by atoms with Gasteiger partial charge in [0.05, 0.1) is 0 Å². The maximum absolute atomic E-state index is 12.5. The van der Waals surface area contributed by atoms with Gasteiger partial charge in [0.1, 0.15) is 18.8 Å². The molecule has 0 aromatic carbocycles. The summed E-state index contributed by atoms with van der Waals surface area (Å²) in [7, 11) is 0. The van der Waals surface area contributed by atoms with E-state index in [1.807, 2.05) is 6.08 Å². The number of fused-ring (bicyclic) bond motifs is 1. The van der Waals surface area contributed by atoms with Crippen LogP contribution in [-0.4, -0.2) is 41.3 Å². The van der Waals surface area contributed by atoms with Crippen LogP contribution < -0.4 is 0 Å². The molecule has 1 saturated heterocycles. The summed E-state index contributed by atoms with van der Waals surface area (Å²) in [5.41, 5.74) is 3.41. The fraction of sp³-hybridized carbons (Fsp3) is 0.583. The van der Waals surface area contributed by atoms with E-state index in [2.05, 4.69) is 39.8 Å². The van der Waals surface area contributed by atoms with Crippen molar-refractivity contribution in [2.75, 3.05) is 6.61 Å². The molecule has 0 amide bonds. The smallest absolute Gasteiger partial charge is 0.302 e. The number of epoxide rings is 1. The highest BCUT2D eigenvalue weighted by Crippen LogP contribution is 2.48. The summed E-state index contributed by atoms with van der Waals surface area (Å²) >= 11 is 0. The maximum Gasteiger partial charge on any atom is 0.302 e. The van der Waals surface area contributed by atoms with E-state index in [0.717, 1.165) is 25.7 Å². The molecular weight excluding hydrogens is 368 g/mol. The van der Waals surface area contributed by atoms with Gasteiger partial charge in [-0.15, -0.1) is 0 Å². The number of hydrogen-bond donors (Lipinski definition) is 1. The second-order valence-corrected chi connectivity index (χ2v) is 8.40. The highest BCUT2D eigenvalue weighted by molar-refractivity contribution is 6.02. The average Bonchev–Trinajstić information content (AvgIpc) is 3.38. The Morgan fingerprint density at radius 1 is 1.10 bits per heavy atom. The Balaban J connectivity index is 1.84. The Morgan fingerprint density at radius 2 is 1.72 bits per heavy atom. The van der Waals surface area contributed by atoms with Gasteiger partial charge in [-0.1, -0.05) is 34.9 Å². The number of ketones is 1. The predicted molar refractivity (Wildman–Crippen MR) is 113 cm³/mol. The van der Waals surface area contributed by atoms with Crippen LogP contribution >= 0.6 is 0 Å². The number of allylic oxidation sites excluding steroid dienone is 5. The van der Waals surface area contributed by atoms with Crippen molar-refractivity contribution < 1.29 is 24.2 Å². The van der Waals surface area contributed by atoms with Crippen molar-refractivity contribution >= 4 is 11.8 Å². The molecule has 0 aromatic rings. The molecule has 0 aromatic heterocycles. The monoisotopic (exact) mass is 402 g/mol. The molecular formula is C24H34O5. The van der Waals surface area contributed by atoms with E-state index in [-0.39, 0.29) is 12.4 Å². The van der Waals surface area contributed by atoms with E-state index in [1.165, 1.54) is 29.7 Å². The van der Waals surface area contributed by atoms with Crippen molar-refractivity contribution in [3.05, 3.63) is 46.6 Å². The Morgan fingerprint density at radius 3 is 2.34 bits per heavy atom. The molecule has 160 valence electrons. The molecule has 1 unspecified atom stereocenters. The van der Waals surface area contributed by atoms with E-state index < -0.39 is 23.8 Å². The zero-order chi connectivity index (χ0) is 21.6. The van der Waals surface area contributed by atoms with Crippen LogP contribution in [0.3, 0.4) is 0 Å². The minimum Gasteiger partial charge on any atom is -0.461 e. The molecule has 5 nitrogen and oxygen atoms in total. The summed E-state index contributed by atoms with van der Waals surface area (Å²) in [5, 5.41) is 10.4. The summed E-state index contributed by atoms with van der Waals surface area (Å²) in [6, 6.07) is 0. The third-order valence-electron chi connectivity index (χ3n) is 5.46. The standard InChI is InChI=1S/C24H34O5/c1-16(2)8-6-9-17(3)10-7-11-18(4)12-13-24-21(26)14-20(15-28-19(5)25)22(27)23(24)29-24/h8,10,12,14,22-23,27H,6-7,9,11,13,15H2,1-5H3/b17-10+,18-12+/t22-,23-,24?/m1/s1. The lowest BCUT2D eigenvalue weighted by atomic mass is 9.84. The van der Waals surface area contributed by atoms with E-state index in [1.54, 1.807) is 0 Å². The van der Waals surface area contributed by atoms with Gasteiger partial charge in [-0.3, -0.25) is 9.59 Å². The molecule has 0 spiro atoms. The first-order valence-corrected chi connectivity index (χ1v) is 10.3. The number of carbonyl (C=O) groups is 2. The van der Waals surface area contributed by atoms with Crippen LogP contribution in [0.4, 0.5) is 0 Å². The fourth-order valence-corrected chi connectivity index (χ4v) is 3.52. The van der Waals surface area contributed by atoms with E-state index in [0.29, 0.717) is 12.0 Å². The van der Waals surface area contributed by atoms with Crippen LogP contribution in [0, 0.1) is 0 Å². The zero-order valence-electron chi connectivity index (χ0n) is 18.3. The first kappa shape index (κ1) is 23.3. The second-order valence-electron chi connectivity index (χ2n) is 8.40. The Kier molecular flexibility index (Phi) is 8.17. The molecule has 3 atom stereocenters. The first-order chi connectivity index (χ1) is 13.7. The van der Waals surface area contributed by atoms with Crippen LogP contribution in [0.1, 0.15) is 66.7 Å². The van der Waals surface area contributed by atoms with Crippen LogP contribution in [-0.2, 0) is 19.1 Å². The van der Waals surface area contributed by atoms with E-state index in [9.17, 15) is 14.7 Å². The molecule has 0 bridgehead atoms. The predicted octanol–water partition coefficient (Wildman–Crippen LogP) is 4.37. The van der Waals surface area contributed by atoms with Crippen molar-refractivity contribution in [2.45, 2.75) is 84.5 Å². The fourth-order valence-electron chi connectivity index (χ4n) is 3.52. The molecule has 1 heterocycles. The molecule has 2 aliphatic rings. The number of ether oxygens (including phenoxy) is 2. The van der Waals surface area contributed by atoms with Gasteiger partial charge in [0.2, 0.25) is 0 Å². The summed E-state index contributed by atoms with van der Waals surface area (Å²) in [6.45, 7) is 9.68. The lowest BCUT2D eigenvalue weighted by Crippen LogP contribution is -2.38. The lowest BCUT2D eigenvalue weighted by Gasteiger charge is -2.20. The summed E-state index contributed by atoms with van der Waals surface area (Å²) < 4.78 is 10.5. The number of carbonyl (C=O) groups excluding carboxylic acids is 2. The Bertz CT molecular complexity index is 751. The molecule has 1 fully saturated rings. The lowest BCUT2D eigenvalue weighted by molar-refractivity contribution is -0.140. The van der Waals surface area contributed by atoms with E-state index >= 15 is 0 Å². The third-order valence-corrected chi connectivity index (χ3v) is 5.46. The molecule has 0 saturated carbocycles. The van der Waals surface area contributed by atoms with Crippen molar-refractivity contribution in [1.82, 2.24) is 0 Å². The van der Waals surface area contributed by atoms with Gasteiger partial charge in [0, 0.05) is 18.9 Å². The largest absolute Gasteiger partial charge is 0.461 e. The van der Waals surface area contributed by atoms with Crippen molar-refractivity contribution in [2.24, 2.45) is 0 Å². The molecule has 1 aliphatic carbocycles. The summed E-state index contributed by atoms with van der Waals surface area (Å²) in [5.74, 6) is -0.604. The molecule has 0 radical (unpaired) electrons. The van der Waals surface area contributed by atoms with Crippen LogP contribution in [0.25, 0.3) is 0 Å². The van der Waals surface area contributed by atoms with Crippen molar-refractivity contribution in [3.8, 4) is 0 Å². The topological polar surface area (TPSA) is 76.1 Å². The third kappa shape index (κ3) is 6.51. The summed E-state index contributed by atoms with van der Waals surface area (Å²) in [4.78, 5) is 23.5. The normalized spacial score (nSPS) is 26.6. The van der Waals surface area contributed by atoms with Crippen LogP contribution in [0.15, 0.2) is 46.6 Å². The van der Waals surface area contributed by atoms with Gasteiger partial charge in [0.15, 0.2) is 11.4 Å². The highest BCUT2D eigenvalue weighted by Gasteiger charge is 2.66. The number of esters is 1. The Labute approximate surface area is 174 Å². The summed E-state index contributed by atoms with van der Waals surface area (Å²) in [6.07, 6.45) is 11.0. The minimum atomic E-state index is -0.948. The zero-order valence-corrected chi connectivity index (χ0v) is 18.3. The van der Waals surface area contributed by atoms with Gasteiger partial charge in [-0.25, -0.2) is 0 Å². The quantitative estimate of drug-likeness (QED) is 0.334. The number of hydrogen-bond acceptors (Lipinski definition) is 5. The number of aliphatic hydroxyl groups is 1. The van der Waals surface area contributed by atoms with Crippen LogP contribution in [0.5, 0.6) is 0 Å². The van der Waals surface area contributed by atoms with Crippen LogP contribution in [0.2, 0.25) is 0 Å². The van der Waals surface area contributed by atoms with Gasteiger partial charge in [-0.05, 0) is 59.5 Å². The SMILES string of the molecule is CC(=O)OCC1=CC(=O)C2(C/C=C(\C)CC/C=C(\C)CCC=C(C)C)O[C@@H]2[C@@H]1O. The Hall–Kier alpha value is -1.98. The average molecular weight is 403 g/mol. The maximum atomic E-state index is 12.5. The number of aliphatic hydroxyl groups excluding tert-OH is 1. The minimum absolute atomic E-state index is 0.0770. The van der Waals surface area contributed by atoms with Gasteiger partial charge in [0.25, 0.3) is 0 Å². The van der Waals surface area contributed by atoms with Crippen molar-refractivity contribution in [3.63, 3.8) is 0 Å². The van der Waals surface area contributed by atoms with Gasteiger partial charge in [-0.2, -0.15) is 0 Å². The first-order valence-electron chi connectivity index (χ1n) is 10.3. The molecule has 1 N–H and O–H groups in total. The second kappa shape index (κ2) is 10.2. The van der Waals surface area contributed by atoms with E-state index in [4.69, 9.17) is 9.47 Å². The molecule has 2 rings (SSSR count). The molecule has 5 heteroatoms. The highest BCUT2D eigenvalue weighted by atomic mass is 16.6. The van der Waals surface area contributed by atoms with Gasteiger partial charge >= 0.3 is 5.97 Å².